The van der Waals surface area contributed by atoms with E-state index in [0.717, 1.165) is 10.9 Å². The summed E-state index contributed by atoms with van der Waals surface area (Å²) in [5.74, 6) is 0.650. The molecule has 2 aromatic heterocycles. The first kappa shape index (κ1) is 13.5. The maximum Gasteiger partial charge on any atom is 0.267 e. The van der Waals surface area contributed by atoms with Gasteiger partial charge in [-0.2, -0.15) is 5.10 Å². The third-order valence-corrected chi connectivity index (χ3v) is 3.79. The first-order valence-electron chi connectivity index (χ1n) is 7.39. The Morgan fingerprint density at radius 3 is 2.61 bits per heavy atom. The van der Waals surface area contributed by atoms with Crippen LogP contribution in [0.1, 0.15) is 5.56 Å². The summed E-state index contributed by atoms with van der Waals surface area (Å²) in [6, 6.07) is 21.2. The summed E-state index contributed by atoms with van der Waals surface area (Å²) in [7, 11) is 0. The number of hydrogen-bond donors (Lipinski definition) is 0. The van der Waals surface area contributed by atoms with Crippen LogP contribution in [0.15, 0.2) is 82.2 Å². The van der Waals surface area contributed by atoms with Crippen molar-refractivity contribution in [2.45, 2.75) is 6.54 Å². The average molecular weight is 302 g/mol. The van der Waals surface area contributed by atoms with Gasteiger partial charge < -0.3 is 4.42 Å². The van der Waals surface area contributed by atoms with Gasteiger partial charge in [0.2, 0.25) is 0 Å². The van der Waals surface area contributed by atoms with Crippen LogP contribution in [-0.2, 0) is 6.54 Å². The van der Waals surface area contributed by atoms with Crippen molar-refractivity contribution in [2.24, 2.45) is 0 Å². The second-order valence-corrected chi connectivity index (χ2v) is 5.37. The van der Waals surface area contributed by atoms with Crippen LogP contribution in [0, 0.1) is 0 Å². The Kier molecular flexibility index (Phi) is 3.27. The van der Waals surface area contributed by atoms with E-state index in [1.54, 1.807) is 18.4 Å². The minimum Gasteiger partial charge on any atom is -0.463 e. The highest BCUT2D eigenvalue weighted by Gasteiger charge is 2.06. The van der Waals surface area contributed by atoms with Gasteiger partial charge >= 0.3 is 0 Å². The van der Waals surface area contributed by atoms with E-state index in [9.17, 15) is 4.79 Å². The van der Waals surface area contributed by atoms with Gasteiger partial charge in [0.15, 0.2) is 5.76 Å². The summed E-state index contributed by atoms with van der Waals surface area (Å²) in [6.45, 7) is 0.429. The van der Waals surface area contributed by atoms with Gasteiger partial charge in [-0.25, -0.2) is 4.68 Å². The molecule has 4 nitrogen and oxygen atoms in total. The highest BCUT2D eigenvalue weighted by atomic mass is 16.3. The van der Waals surface area contributed by atoms with Crippen molar-refractivity contribution in [3.8, 4) is 11.5 Å². The van der Waals surface area contributed by atoms with E-state index in [-0.39, 0.29) is 5.56 Å². The lowest BCUT2D eigenvalue weighted by Crippen LogP contribution is -2.22. The standard InChI is InChI=1S/C19H14N2O2/c22-19-10-9-17(18-6-3-11-23-18)20-21(19)13-14-7-8-15-4-1-2-5-16(15)12-14/h1-12H,13H2. The lowest BCUT2D eigenvalue weighted by molar-refractivity contribution is 0.569. The van der Waals surface area contributed by atoms with Gasteiger partial charge in [-0.1, -0.05) is 36.4 Å². The molecule has 2 aromatic carbocycles. The topological polar surface area (TPSA) is 48.0 Å². The molecule has 0 aliphatic rings. The van der Waals surface area contributed by atoms with Gasteiger partial charge in [0.1, 0.15) is 5.69 Å². The SMILES string of the molecule is O=c1ccc(-c2ccco2)nn1Cc1ccc2ccccc2c1. The van der Waals surface area contributed by atoms with Gasteiger partial charge in [-0.05, 0) is 40.6 Å². The first-order chi connectivity index (χ1) is 11.3. The van der Waals surface area contributed by atoms with E-state index in [0.29, 0.717) is 18.0 Å². The molecule has 0 spiro atoms. The lowest BCUT2D eigenvalue weighted by atomic mass is 10.1. The molecule has 0 bridgehead atoms. The third kappa shape index (κ3) is 2.66. The van der Waals surface area contributed by atoms with Crippen molar-refractivity contribution < 1.29 is 4.42 Å². The van der Waals surface area contributed by atoms with Crippen LogP contribution < -0.4 is 5.56 Å². The molecular weight excluding hydrogens is 288 g/mol. The molecule has 0 aliphatic carbocycles. The monoisotopic (exact) mass is 302 g/mol. The molecule has 4 rings (SSSR count). The summed E-state index contributed by atoms with van der Waals surface area (Å²) in [5.41, 5.74) is 1.55. The third-order valence-electron chi connectivity index (χ3n) is 3.79. The van der Waals surface area contributed by atoms with E-state index in [4.69, 9.17) is 4.42 Å². The highest BCUT2D eigenvalue weighted by molar-refractivity contribution is 5.82. The first-order valence-corrected chi connectivity index (χ1v) is 7.39. The summed E-state index contributed by atoms with van der Waals surface area (Å²) in [4.78, 5) is 12.1. The van der Waals surface area contributed by atoms with Crippen LogP contribution in [0.4, 0.5) is 0 Å². The summed E-state index contributed by atoms with van der Waals surface area (Å²) in [6.07, 6.45) is 1.59. The zero-order valence-electron chi connectivity index (χ0n) is 12.3. The molecule has 2 heterocycles. The Labute approximate surface area is 132 Å². The highest BCUT2D eigenvalue weighted by Crippen LogP contribution is 2.17. The number of rotatable bonds is 3. The molecule has 0 unspecified atom stereocenters. The molecule has 4 aromatic rings. The minimum atomic E-state index is -0.131. The minimum absolute atomic E-state index is 0.131. The summed E-state index contributed by atoms with van der Waals surface area (Å²) >= 11 is 0. The zero-order chi connectivity index (χ0) is 15.6. The average Bonchev–Trinajstić information content (AvgIpc) is 3.11. The molecule has 4 heteroatoms. The van der Waals surface area contributed by atoms with Crippen LogP contribution in [0.2, 0.25) is 0 Å². The lowest BCUT2D eigenvalue weighted by Gasteiger charge is -2.07. The van der Waals surface area contributed by atoms with Crippen LogP contribution in [-0.4, -0.2) is 9.78 Å². The number of hydrogen-bond acceptors (Lipinski definition) is 3. The molecule has 0 N–H and O–H groups in total. The van der Waals surface area contributed by atoms with Crippen molar-refractivity contribution in [1.29, 1.82) is 0 Å². The summed E-state index contributed by atoms with van der Waals surface area (Å²) in [5, 5.41) is 6.73. The normalized spacial score (nSPS) is 11.0. The smallest absolute Gasteiger partial charge is 0.267 e. The summed E-state index contributed by atoms with van der Waals surface area (Å²) < 4.78 is 6.80. The number of aromatic nitrogens is 2. The quantitative estimate of drug-likeness (QED) is 0.579. The van der Waals surface area contributed by atoms with Crippen LogP contribution in [0.5, 0.6) is 0 Å². The predicted molar refractivity (Wildman–Crippen MR) is 89.2 cm³/mol. The molecule has 0 saturated heterocycles. The Balaban J connectivity index is 1.72. The largest absolute Gasteiger partial charge is 0.463 e. The van der Waals surface area contributed by atoms with E-state index in [1.165, 1.54) is 16.1 Å². The number of nitrogens with zero attached hydrogens (tertiary/aromatic N) is 2. The fourth-order valence-corrected chi connectivity index (χ4v) is 2.63. The van der Waals surface area contributed by atoms with E-state index in [2.05, 4.69) is 29.4 Å². The molecular formula is C19H14N2O2. The Bertz CT molecular complexity index is 1020. The van der Waals surface area contributed by atoms with Crippen LogP contribution in [0.25, 0.3) is 22.2 Å². The maximum absolute atomic E-state index is 12.1. The maximum atomic E-state index is 12.1. The van der Waals surface area contributed by atoms with Crippen LogP contribution >= 0.6 is 0 Å². The van der Waals surface area contributed by atoms with Gasteiger partial charge in [-0.3, -0.25) is 4.79 Å². The van der Waals surface area contributed by atoms with Gasteiger partial charge in [-0.15, -0.1) is 0 Å². The Morgan fingerprint density at radius 1 is 0.913 bits per heavy atom. The van der Waals surface area contributed by atoms with Gasteiger partial charge in [0, 0.05) is 6.07 Å². The van der Waals surface area contributed by atoms with E-state index < -0.39 is 0 Å². The molecule has 0 aliphatic heterocycles. The fourth-order valence-electron chi connectivity index (χ4n) is 2.63. The molecule has 0 atom stereocenters. The van der Waals surface area contributed by atoms with E-state index in [1.807, 2.05) is 24.3 Å². The number of fused-ring (bicyclic) bond motifs is 1. The van der Waals surface area contributed by atoms with Crippen molar-refractivity contribution in [1.82, 2.24) is 9.78 Å². The Hall–Kier alpha value is -3.14. The van der Waals surface area contributed by atoms with Crippen molar-refractivity contribution >= 4 is 10.8 Å². The molecule has 0 fully saturated rings. The van der Waals surface area contributed by atoms with Crippen molar-refractivity contribution in [3.63, 3.8) is 0 Å². The predicted octanol–water partition coefficient (Wildman–Crippen LogP) is 3.70. The molecule has 112 valence electrons. The van der Waals surface area contributed by atoms with Crippen molar-refractivity contribution in [3.05, 3.63) is 88.9 Å². The van der Waals surface area contributed by atoms with Crippen molar-refractivity contribution in [2.75, 3.05) is 0 Å². The molecule has 0 amide bonds. The fraction of sp³-hybridized carbons (Fsp3) is 0.0526. The number of furan rings is 1. The second-order valence-electron chi connectivity index (χ2n) is 5.37. The molecule has 23 heavy (non-hydrogen) atoms. The number of benzene rings is 2. The molecule has 0 radical (unpaired) electrons. The zero-order valence-corrected chi connectivity index (χ0v) is 12.3. The van der Waals surface area contributed by atoms with E-state index >= 15 is 0 Å². The molecule has 0 saturated carbocycles. The Morgan fingerprint density at radius 2 is 1.78 bits per heavy atom. The second kappa shape index (κ2) is 5.57. The van der Waals surface area contributed by atoms with Gasteiger partial charge in [0.25, 0.3) is 5.56 Å². The van der Waals surface area contributed by atoms with Gasteiger partial charge in [0.05, 0.1) is 12.8 Å². The van der Waals surface area contributed by atoms with Crippen LogP contribution in [0.3, 0.4) is 0 Å².